The van der Waals surface area contributed by atoms with Gasteiger partial charge in [0.15, 0.2) is 11.5 Å². The molecule has 0 aromatic heterocycles. The van der Waals surface area contributed by atoms with Gasteiger partial charge < -0.3 is 14.6 Å². The van der Waals surface area contributed by atoms with E-state index < -0.39 is 17.8 Å². The van der Waals surface area contributed by atoms with Crippen LogP contribution in [0.2, 0.25) is 0 Å². The van der Waals surface area contributed by atoms with Gasteiger partial charge in [-0.1, -0.05) is 13.0 Å². The van der Waals surface area contributed by atoms with Gasteiger partial charge in [0, 0.05) is 0 Å². The van der Waals surface area contributed by atoms with Crippen LogP contribution in [0.4, 0.5) is 10.5 Å². The Morgan fingerprint density at radius 1 is 1.00 bits per heavy atom. The smallest absolute Gasteiger partial charge is 0.335 e. The third kappa shape index (κ3) is 4.43. The van der Waals surface area contributed by atoms with E-state index in [4.69, 9.17) is 9.47 Å². The minimum absolute atomic E-state index is 0.00991. The van der Waals surface area contributed by atoms with Crippen LogP contribution in [0.15, 0.2) is 48.0 Å². The molecule has 1 saturated heterocycles. The molecule has 0 atom stereocenters. The maximum atomic E-state index is 12.9. The summed E-state index contributed by atoms with van der Waals surface area (Å²) in [6, 6.07) is 9.73. The molecular formula is C22H22N2O6. The highest BCUT2D eigenvalue weighted by Crippen LogP contribution is 2.30. The van der Waals surface area contributed by atoms with Crippen LogP contribution >= 0.6 is 0 Å². The number of benzene rings is 2. The summed E-state index contributed by atoms with van der Waals surface area (Å²) in [5.41, 5.74) is 0.570. The van der Waals surface area contributed by atoms with Crippen molar-refractivity contribution in [3.63, 3.8) is 0 Å². The molecule has 1 fully saturated rings. The predicted octanol–water partition coefficient (Wildman–Crippen LogP) is 3.25. The third-order valence-electron chi connectivity index (χ3n) is 4.25. The number of anilines is 1. The number of rotatable bonds is 7. The topological polar surface area (TPSA) is 105 Å². The highest BCUT2D eigenvalue weighted by atomic mass is 16.5. The zero-order chi connectivity index (χ0) is 21.7. The highest BCUT2D eigenvalue weighted by Gasteiger charge is 2.36. The molecule has 0 saturated carbocycles. The first kappa shape index (κ1) is 20.9. The Balaban J connectivity index is 1.95. The number of amides is 4. The Morgan fingerprint density at radius 3 is 2.40 bits per heavy atom. The maximum Gasteiger partial charge on any atom is 0.335 e. The fourth-order valence-corrected chi connectivity index (χ4v) is 2.87. The molecule has 0 unspecified atom stereocenters. The Labute approximate surface area is 173 Å². The van der Waals surface area contributed by atoms with Crippen molar-refractivity contribution in [2.45, 2.75) is 20.3 Å². The minimum atomic E-state index is -0.855. The van der Waals surface area contributed by atoms with Gasteiger partial charge in [-0.25, -0.2) is 9.69 Å². The van der Waals surface area contributed by atoms with Gasteiger partial charge >= 0.3 is 6.03 Å². The lowest BCUT2D eigenvalue weighted by Gasteiger charge is -2.26. The lowest BCUT2D eigenvalue weighted by molar-refractivity contribution is -0.122. The summed E-state index contributed by atoms with van der Waals surface area (Å²) >= 11 is 0. The van der Waals surface area contributed by atoms with E-state index >= 15 is 0 Å². The molecule has 8 nitrogen and oxygen atoms in total. The molecule has 0 radical (unpaired) electrons. The van der Waals surface area contributed by atoms with Crippen molar-refractivity contribution in [3.8, 4) is 17.2 Å². The number of imide groups is 2. The van der Waals surface area contributed by atoms with Gasteiger partial charge in [-0.05, 0) is 61.4 Å². The quantitative estimate of drug-likeness (QED) is 0.536. The SMILES string of the molecule is CCCOc1ccc(/C=C2\C(=O)NC(=O)N(c3ccc(O)cc3)C2=O)cc1OCC. The summed E-state index contributed by atoms with van der Waals surface area (Å²) in [6.45, 7) is 4.79. The van der Waals surface area contributed by atoms with Gasteiger partial charge in [-0.15, -0.1) is 0 Å². The maximum absolute atomic E-state index is 12.9. The van der Waals surface area contributed by atoms with Crippen LogP contribution < -0.4 is 19.7 Å². The van der Waals surface area contributed by atoms with E-state index in [9.17, 15) is 19.5 Å². The number of carbonyl (C=O) groups is 3. The number of phenols is 1. The first-order valence-corrected chi connectivity index (χ1v) is 9.54. The second-order valence-electron chi connectivity index (χ2n) is 6.46. The lowest BCUT2D eigenvalue weighted by atomic mass is 10.1. The van der Waals surface area contributed by atoms with E-state index in [-0.39, 0.29) is 17.0 Å². The fourth-order valence-electron chi connectivity index (χ4n) is 2.87. The van der Waals surface area contributed by atoms with Crippen molar-refractivity contribution >= 4 is 29.6 Å². The van der Waals surface area contributed by atoms with Crippen LogP contribution in [0.25, 0.3) is 6.08 Å². The molecule has 0 aliphatic carbocycles. The van der Waals surface area contributed by atoms with E-state index in [0.717, 1.165) is 11.3 Å². The van der Waals surface area contributed by atoms with Gasteiger partial charge in [-0.2, -0.15) is 0 Å². The minimum Gasteiger partial charge on any atom is -0.508 e. The fraction of sp³-hybridized carbons (Fsp3) is 0.227. The van der Waals surface area contributed by atoms with E-state index in [1.807, 2.05) is 13.8 Å². The summed E-state index contributed by atoms with van der Waals surface area (Å²) in [5, 5.41) is 11.6. The molecule has 1 aliphatic heterocycles. The van der Waals surface area contributed by atoms with Crippen LogP contribution in [0.3, 0.4) is 0 Å². The average Bonchev–Trinajstić information content (AvgIpc) is 2.72. The van der Waals surface area contributed by atoms with Gasteiger partial charge in [0.25, 0.3) is 11.8 Å². The van der Waals surface area contributed by atoms with Crippen molar-refractivity contribution in [2.75, 3.05) is 18.1 Å². The second-order valence-corrected chi connectivity index (χ2v) is 6.46. The van der Waals surface area contributed by atoms with Crippen molar-refractivity contribution in [1.82, 2.24) is 5.32 Å². The number of nitrogens with one attached hydrogen (secondary N) is 1. The number of nitrogens with zero attached hydrogens (tertiary/aromatic N) is 1. The largest absolute Gasteiger partial charge is 0.508 e. The standard InChI is InChI=1S/C22H22N2O6/c1-3-11-30-18-10-5-14(13-19(18)29-4-2)12-17-20(26)23-22(28)24(21(17)27)15-6-8-16(25)9-7-15/h5-10,12-13,25H,3-4,11H2,1-2H3,(H,23,26,28)/b17-12+. The first-order chi connectivity index (χ1) is 14.4. The molecule has 1 aliphatic rings. The van der Waals surface area contributed by atoms with Crippen molar-refractivity contribution in [2.24, 2.45) is 0 Å². The summed E-state index contributed by atoms with van der Waals surface area (Å²) in [5.74, 6) is -0.496. The zero-order valence-electron chi connectivity index (χ0n) is 16.7. The van der Waals surface area contributed by atoms with E-state index in [1.54, 1.807) is 18.2 Å². The van der Waals surface area contributed by atoms with Gasteiger partial charge in [0.2, 0.25) is 0 Å². The van der Waals surface area contributed by atoms with Crippen LogP contribution in [0.5, 0.6) is 17.2 Å². The molecule has 8 heteroatoms. The Bertz CT molecular complexity index is 997. The number of hydrogen-bond donors (Lipinski definition) is 2. The molecular weight excluding hydrogens is 388 g/mol. The van der Waals surface area contributed by atoms with E-state index in [0.29, 0.717) is 30.3 Å². The van der Waals surface area contributed by atoms with Crippen molar-refractivity contribution in [1.29, 1.82) is 0 Å². The summed E-state index contributed by atoms with van der Waals surface area (Å²) in [4.78, 5) is 38.3. The number of hydrogen-bond acceptors (Lipinski definition) is 6. The highest BCUT2D eigenvalue weighted by molar-refractivity contribution is 6.39. The number of barbiturate groups is 1. The number of aromatic hydroxyl groups is 1. The normalized spacial score (nSPS) is 15.3. The second kappa shape index (κ2) is 9.13. The van der Waals surface area contributed by atoms with Crippen LogP contribution in [-0.4, -0.2) is 36.2 Å². The monoisotopic (exact) mass is 410 g/mol. The Morgan fingerprint density at radius 2 is 1.73 bits per heavy atom. The van der Waals surface area contributed by atoms with Gasteiger partial charge in [-0.3, -0.25) is 14.9 Å². The van der Waals surface area contributed by atoms with E-state index in [2.05, 4.69) is 5.32 Å². The Hall–Kier alpha value is -3.81. The molecule has 0 spiro atoms. The molecule has 0 bridgehead atoms. The van der Waals surface area contributed by atoms with E-state index in [1.165, 1.54) is 30.3 Å². The van der Waals surface area contributed by atoms with Crippen LogP contribution in [-0.2, 0) is 9.59 Å². The van der Waals surface area contributed by atoms with Crippen LogP contribution in [0.1, 0.15) is 25.8 Å². The molecule has 2 N–H and O–H groups in total. The van der Waals surface area contributed by atoms with Crippen molar-refractivity contribution < 1.29 is 29.0 Å². The average molecular weight is 410 g/mol. The molecule has 4 amide bonds. The number of phenolic OH excluding ortho intramolecular Hbond substituents is 1. The summed E-state index contributed by atoms with van der Waals surface area (Å²) < 4.78 is 11.3. The first-order valence-electron chi connectivity index (χ1n) is 9.54. The molecule has 156 valence electrons. The van der Waals surface area contributed by atoms with Crippen molar-refractivity contribution in [3.05, 3.63) is 53.6 Å². The zero-order valence-corrected chi connectivity index (χ0v) is 16.7. The van der Waals surface area contributed by atoms with Gasteiger partial charge in [0.1, 0.15) is 11.3 Å². The summed E-state index contributed by atoms with van der Waals surface area (Å²) in [7, 11) is 0. The predicted molar refractivity (Wildman–Crippen MR) is 111 cm³/mol. The van der Waals surface area contributed by atoms with Gasteiger partial charge in [0.05, 0.1) is 18.9 Å². The van der Waals surface area contributed by atoms with Crippen LogP contribution in [0, 0.1) is 0 Å². The molecule has 1 heterocycles. The molecule has 3 rings (SSSR count). The summed E-state index contributed by atoms with van der Waals surface area (Å²) in [6.07, 6.45) is 2.23. The lowest BCUT2D eigenvalue weighted by Crippen LogP contribution is -2.54. The molecule has 2 aromatic carbocycles. The number of ether oxygens (including phenoxy) is 2. The Kier molecular flexibility index (Phi) is 6.36. The number of carbonyl (C=O) groups excluding carboxylic acids is 3. The molecule has 2 aromatic rings. The number of urea groups is 1. The third-order valence-corrected chi connectivity index (χ3v) is 4.25. The molecule has 30 heavy (non-hydrogen) atoms.